The van der Waals surface area contributed by atoms with E-state index in [9.17, 15) is 18.5 Å². The van der Waals surface area contributed by atoms with Crippen LogP contribution in [0.3, 0.4) is 0 Å². The normalized spacial score (nSPS) is 16.3. The van der Waals surface area contributed by atoms with Crippen LogP contribution in [-0.2, 0) is 16.6 Å². The van der Waals surface area contributed by atoms with Crippen molar-refractivity contribution in [2.24, 2.45) is 0 Å². The van der Waals surface area contributed by atoms with Gasteiger partial charge >= 0.3 is 0 Å². The number of piperazine rings is 1. The van der Waals surface area contributed by atoms with Crippen LogP contribution in [0.25, 0.3) is 16.2 Å². The van der Waals surface area contributed by atoms with Crippen molar-refractivity contribution >= 4 is 32.0 Å². The lowest BCUT2D eigenvalue weighted by molar-refractivity contribution is -0.384. The van der Waals surface area contributed by atoms with Gasteiger partial charge in [-0.2, -0.15) is 4.31 Å². The van der Waals surface area contributed by atoms with Gasteiger partial charge in [-0.3, -0.25) is 19.4 Å². The molecular formula is C19H23N5O4S2. The number of nitrogens with zero attached hydrogens (tertiary/aromatic N) is 5. The lowest BCUT2D eigenvalue weighted by Crippen LogP contribution is -2.48. The van der Waals surface area contributed by atoms with E-state index in [1.165, 1.54) is 12.1 Å². The quantitative estimate of drug-likeness (QED) is 0.424. The zero-order valence-corrected chi connectivity index (χ0v) is 18.4. The summed E-state index contributed by atoms with van der Waals surface area (Å²) in [6, 6.07) is 6.44. The van der Waals surface area contributed by atoms with Gasteiger partial charge in [0.15, 0.2) is 4.96 Å². The van der Waals surface area contributed by atoms with Gasteiger partial charge in [0.1, 0.15) is 0 Å². The Morgan fingerprint density at radius 1 is 1.17 bits per heavy atom. The van der Waals surface area contributed by atoms with Crippen molar-refractivity contribution < 1.29 is 13.3 Å². The van der Waals surface area contributed by atoms with Gasteiger partial charge in [0.25, 0.3) is 5.69 Å². The number of non-ortho nitro benzene ring substituents is 1. The summed E-state index contributed by atoms with van der Waals surface area (Å²) in [5.74, 6) is 0.120. The maximum absolute atomic E-state index is 12.1. The molecule has 0 spiro atoms. The van der Waals surface area contributed by atoms with Crippen molar-refractivity contribution in [3.8, 4) is 11.3 Å². The van der Waals surface area contributed by atoms with Crippen molar-refractivity contribution in [2.45, 2.75) is 20.4 Å². The molecule has 160 valence electrons. The summed E-state index contributed by atoms with van der Waals surface area (Å²) < 4.78 is 27.9. The number of benzene rings is 1. The molecule has 4 rings (SSSR count). The van der Waals surface area contributed by atoms with E-state index < -0.39 is 14.9 Å². The molecule has 0 unspecified atom stereocenters. The van der Waals surface area contributed by atoms with Crippen molar-refractivity contribution in [2.75, 3.05) is 31.9 Å². The lowest BCUT2D eigenvalue weighted by atomic mass is 10.1. The molecule has 1 aromatic carbocycles. The van der Waals surface area contributed by atoms with Gasteiger partial charge in [0, 0.05) is 61.5 Å². The molecule has 0 bridgehead atoms. The number of nitro benzene ring substituents is 1. The maximum atomic E-state index is 12.1. The number of rotatable bonds is 6. The van der Waals surface area contributed by atoms with Gasteiger partial charge in [-0.25, -0.2) is 13.4 Å². The molecule has 0 amide bonds. The number of hydrogen-bond donors (Lipinski definition) is 0. The first-order valence-electron chi connectivity index (χ1n) is 9.71. The Morgan fingerprint density at radius 3 is 2.43 bits per heavy atom. The molecule has 11 heteroatoms. The minimum Gasteiger partial charge on any atom is -0.295 e. The summed E-state index contributed by atoms with van der Waals surface area (Å²) in [6.45, 7) is 6.58. The highest BCUT2D eigenvalue weighted by molar-refractivity contribution is 7.89. The fourth-order valence-corrected chi connectivity index (χ4v) is 5.61. The van der Waals surface area contributed by atoms with E-state index in [0.717, 1.165) is 26.8 Å². The Kier molecular flexibility index (Phi) is 5.62. The molecule has 1 saturated heterocycles. The van der Waals surface area contributed by atoms with Crippen molar-refractivity contribution in [1.29, 1.82) is 0 Å². The fraction of sp³-hybridized carbons (Fsp3) is 0.421. The molecular weight excluding hydrogens is 426 g/mol. The van der Waals surface area contributed by atoms with E-state index in [2.05, 4.69) is 15.5 Å². The molecule has 0 atom stereocenters. The highest BCUT2D eigenvalue weighted by Crippen LogP contribution is 2.30. The Morgan fingerprint density at radius 2 is 1.83 bits per heavy atom. The molecule has 9 nitrogen and oxygen atoms in total. The predicted octanol–water partition coefficient (Wildman–Crippen LogP) is 2.75. The second-order valence-corrected chi connectivity index (χ2v) is 10.8. The SMILES string of the molecule is CCS(=O)(=O)N1CCN(Cc2c(-c3ccc([N+](=O)[O-])cc3)nc3sc(C)cn23)CC1. The summed E-state index contributed by atoms with van der Waals surface area (Å²) in [7, 11) is -3.16. The molecule has 0 radical (unpaired) electrons. The average molecular weight is 450 g/mol. The molecule has 0 saturated carbocycles. The topological polar surface area (TPSA) is 101 Å². The molecule has 1 aliphatic heterocycles. The molecule has 1 fully saturated rings. The maximum Gasteiger partial charge on any atom is 0.269 e. The first-order chi connectivity index (χ1) is 14.3. The van der Waals surface area contributed by atoms with Crippen LogP contribution in [0.1, 0.15) is 17.5 Å². The average Bonchev–Trinajstić information content (AvgIpc) is 3.25. The zero-order chi connectivity index (χ0) is 21.5. The minimum absolute atomic E-state index is 0.0467. The lowest BCUT2D eigenvalue weighted by Gasteiger charge is -2.33. The molecule has 0 N–H and O–H groups in total. The highest BCUT2D eigenvalue weighted by Gasteiger charge is 2.27. The Bertz CT molecular complexity index is 1180. The number of nitro groups is 1. The van der Waals surface area contributed by atoms with Crippen LogP contribution < -0.4 is 0 Å². The number of sulfonamides is 1. The number of hydrogen-bond acceptors (Lipinski definition) is 7. The van der Waals surface area contributed by atoms with Gasteiger partial charge < -0.3 is 0 Å². The van der Waals surface area contributed by atoms with Gasteiger partial charge in [0.2, 0.25) is 10.0 Å². The summed E-state index contributed by atoms with van der Waals surface area (Å²) in [5.41, 5.74) is 2.69. The Labute approximate surface area is 178 Å². The van der Waals surface area contributed by atoms with Crippen molar-refractivity contribution in [1.82, 2.24) is 18.6 Å². The Hall–Kier alpha value is -2.34. The first kappa shape index (κ1) is 20.9. The monoisotopic (exact) mass is 449 g/mol. The standard InChI is InChI=1S/C19H23N5O4S2/c1-3-30(27,28)22-10-8-21(9-11-22)13-17-18(20-19-23(17)12-14(2)29-19)15-4-6-16(7-5-15)24(25)26/h4-7,12H,3,8-11,13H2,1-2H3. The second-order valence-electron chi connectivity index (χ2n) is 7.28. The van der Waals surface area contributed by atoms with Gasteiger partial charge in [-0.1, -0.05) is 0 Å². The van der Waals surface area contributed by atoms with Crippen LogP contribution in [0.4, 0.5) is 5.69 Å². The third-order valence-electron chi connectivity index (χ3n) is 5.36. The van der Waals surface area contributed by atoms with E-state index in [1.54, 1.807) is 34.7 Å². The number of aryl methyl sites for hydroxylation is 1. The number of aromatic nitrogens is 2. The van der Waals surface area contributed by atoms with Crippen LogP contribution in [0, 0.1) is 17.0 Å². The molecule has 1 aliphatic rings. The smallest absolute Gasteiger partial charge is 0.269 e. The van der Waals surface area contributed by atoms with Gasteiger partial charge in [-0.05, 0) is 26.0 Å². The third-order valence-corrected chi connectivity index (χ3v) is 8.13. The second kappa shape index (κ2) is 8.06. The fourth-order valence-electron chi connectivity index (χ4n) is 3.68. The van der Waals surface area contributed by atoms with Crippen molar-refractivity contribution in [3.05, 3.63) is 51.1 Å². The predicted molar refractivity (Wildman–Crippen MR) is 116 cm³/mol. The summed E-state index contributed by atoms with van der Waals surface area (Å²) in [5, 5.41) is 11.0. The van der Waals surface area contributed by atoms with Crippen LogP contribution in [0.2, 0.25) is 0 Å². The third kappa shape index (κ3) is 3.97. The molecule has 30 heavy (non-hydrogen) atoms. The van der Waals surface area contributed by atoms with E-state index >= 15 is 0 Å². The molecule has 3 heterocycles. The molecule has 3 aromatic rings. The summed E-state index contributed by atoms with van der Waals surface area (Å²) in [6.07, 6.45) is 2.05. The molecule has 0 aliphatic carbocycles. The van der Waals surface area contributed by atoms with Crippen LogP contribution in [0.15, 0.2) is 30.5 Å². The van der Waals surface area contributed by atoms with E-state index in [0.29, 0.717) is 32.7 Å². The van der Waals surface area contributed by atoms with Gasteiger partial charge in [0.05, 0.1) is 22.1 Å². The first-order valence-corrected chi connectivity index (χ1v) is 12.1. The number of thiazole rings is 1. The molecule has 2 aromatic heterocycles. The van der Waals surface area contributed by atoms with Crippen molar-refractivity contribution in [3.63, 3.8) is 0 Å². The van der Waals surface area contributed by atoms with E-state index in [4.69, 9.17) is 4.98 Å². The minimum atomic E-state index is -3.16. The number of fused-ring (bicyclic) bond motifs is 1. The van der Waals surface area contributed by atoms with Crippen LogP contribution in [-0.4, -0.2) is 63.9 Å². The number of imidazole rings is 1. The zero-order valence-electron chi connectivity index (χ0n) is 16.8. The van der Waals surface area contributed by atoms with E-state index in [-0.39, 0.29) is 11.4 Å². The summed E-state index contributed by atoms with van der Waals surface area (Å²) in [4.78, 5) is 19.6. The van der Waals surface area contributed by atoms with E-state index in [1.807, 2.05) is 6.92 Å². The van der Waals surface area contributed by atoms with Crippen LogP contribution in [0.5, 0.6) is 0 Å². The van der Waals surface area contributed by atoms with Gasteiger partial charge in [-0.15, -0.1) is 11.3 Å². The Balaban J connectivity index is 1.62. The van der Waals surface area contributed by atoms with Crippen LogP contribution >= 0.6 is 11.3 Å². The highest BCUT2D eigenvalue weighted by atomic mass is 32.2. The largest absolute Gasteiger partial charge is 0.295 e. The summed E-state index contributed by atoms with van der Waals surface area (Å²) >= 11 is 1.60.